The highest BCUT2D eigenvalue weighted by Gasteiger charge is 2.28. The largest absolute Gasteiger partial charge is 0.485 e. The molecular formula is C17H16ClNO3. The smallest absolute Gasteiger partial charge is 0.265 e. The zero-order valence-electron chi connectivity index (χ0n) is 12.1. The highest BCUT2D eigenvalue weighted by atomic mass is 35.5. The van der Waals surface area contributed by atoms with Crippen molar-refractivity contribution in [2.75, 3.05) is 6.61 Å². The van der Waals surface area contributed by atoms with E-state index in [1.165, 1.54) is 0 Å². The molecule has 114 valence electrons. The Morgan fingerprint density at radius 2 is 2.00 bits per heavy atom. The Bertz CT molecular complexity index is 689. The SMILES string of the molecule is C[C@@H](NC(=O)[C@@H]1COc2ccccc2O1)c1cccc(Cl)c1. The van der Waals surface area contributed by atoms with Gasteiger partial charge in [-0.3, -0.25) is 4.79 Å². The van der Waals surface area contributed by atoms with Gasteiger partial charge in [-0.2, -0.15) is 0 Å². The molecule has 2 aromatic rings. The summed E-state index contributed by atoms with van der Waals surface area (Å²) in [7, 11) is 0. The van der Waals surface area contributed by atoms with E-state index in [9.17, 15) is 4.79 Å². The predicted octanol–water partition coefficient (Wildman–Crippen LogP) is 3.36. The number of carbonyl (C=O) groups is 1. The van der Waals surface area contributed by atoms with E-state index in [1.807, 2.05) is 43.3 Å². The molecule has 0 saturated carbocycles. The van der Waals surface area contributed by atoms with E-state index >= 15 is 0 Å². The molecule has 2 atom stereocenters. The van der Waals surface area contributed by atoms with Gasteiger partial charge in [0, 0.05) is 5.02 Å². The second-order valence-electron chi connectivity index (χ2n) is 5.15. The van der Waals surface area contributed by atoms with E-state index in [2.05, 4.69) is 5.32 Å². The van der Waals surface area contributed by atoms with Crippen LogP contribution < -0.4 is 14.8 Å². The minimum absolute atomic E-state index is 0.160. The fourth-order valence-corrected chi connectivity index (χ4v) is 2.51. The predicted molar refractivity (Wildman–Crippen MR) is 84.4 cm³/mol. The number of nitrogens with one attached hydrogen (secondary N) is 1. The van der Waals surface area contributed by atoms with Crippen LogP contribution >= 0.6 is 11.6 Å². The van der Waals surface area contributed by atoms with Crippen molar-refractivity contribution in [1.29, 1.82) is 0 Å². The Morgan fingerprint density at radius 3 is 2.77 bits per heavy atom. The fraction of sp³-hybridized carbons (Fsp3) is 0.235. The van der Waals surface area contributed by atoms with Crippen molar-refractivity contribution >= 4 is 17.5 Å². The third-order valence-electron chi connectivity index (χ3n) is 3.51. The topological polar surface area (TPSA) is 47.6 Å². The number of para-hydroxylation sites is 2. The summed E-state index contributed by atoms with van der Waals surface area (Å²) in [5, 5.41) is 3.56. The molecule has 0 unspecified atom stereocenters. The van der Waals surface area contributed by atoms with Gasteiger partial charge in [0.1, 0.15) is 6.61 Å². The molecule has 0 bridgehead atoms. The van der Waals surface area contributed by atoms with Crippen LogP contribution in [0.4, 0.5) is 0 Å². The van der Waals surface area contributed by atoms with Crippen LogP contribution in [0, 0.1) is 0 Å². The van der Waals surface area contributed by atoms with Crippen LogP contribution in [0.2, 0.25) is 5.02 Å². The molecule has 3 rings (SSSR count). The lowest BCUT2D eigenvalue weighted by Gasteiger charge is -2.26. The standard InChI is InChI=1S/C17H16ClNO3/c1-11(12-5-4-6-13(18)9-12)19-17(20)16-10-21-14-7-2-3-8-15(14)22-16/h2-9,11,16H,10H2,1H3,(H,19,20)/t11-,16+/m1/s1. The molecular weight excluding hydrogens is 302 g/mol. The molecule has 2 aromatic carbocycles. The number of fused-ring (bicyclic) bond motifs is 1. The van der Waals surface area contributed by atoms with Crippen molar-refractivity contribution in [3.05, 3.63) is 59.1 Å². The van der Waals surface area contributed by atoms with Gasteiger partial charge in [0.15, 0.2) is 11.5 Å². The van der Waals surface area contributed by atoms with Crippen LogP contribution in [0.5, 0.6) is 11.5 Å². The first-order chi connectivity index (χ1) is 10.6. The summed E-state index contributed by atoms with van der Waals surface area (Å²) in [6, 6.07) is 14.6. The van der Waals surface area contributed by atoms with E-state index in [0.717, 1.165) is 5.56 Å². The Morgan fingerprint density at radius 1 is 1.23 bits per heavy atom. The first-order valence-corrected chi connectivity index (χ1v) is 7.45. The molecule has 5 heteroatoms. The number of benzene rings is 2. The van der Waals surface area contributed by atoms with Crippen LogP contribution in [-0.4, -0.2) is 18.6 Å². The molecule has 0 fully saturated rings. The Balaban J connectivity index is 1.65. The van der Waals surface area contributed by atoms with E-state index in [-0.39, 0.29) is 18.6 Å². The summed E-state index contributed by atoms with van der Waals surface area (Å²) in [4.78, 5) is 12.3. The molecule has 4 nitrogen and oxygen atoms in total. The molecule has 22 heavy (non-hydrogen) atoms. The minimum Gasteiger partial charge on any atom is -0.485 e. The maximum absolute atomic E-state index is 12.3. The molecule has 1 amide bonds. The van der Waals surface area contributed by atoms with Crippen molar-refractivity contribution in [3.63, 3.8) is 0 Å². The van der Waals surface area contributed by atoms with E-state index in [4.69, 9.17) is 21.1 Å². The van der Waals surface area contributed by atoms with Crippen molar-refractivity contribution in [1.82, 2.24) is 5.32 Å². The maximum atomic E-state index is 12.3. The molecule has 1 heterocycles. The van der Waals surface area contributed by atoms with E-state index in [1.54, 1.807) is 12.1 Å². The summed E-state index contributed by atoms with van der Waals surface area (Å²) in [6.07, 6.45) is -0.656. The number of amides is 1. The van der Waals surface area contributed by atoms with Gasteiger partial charge < -0.3 is 14.8 Å². The highest BCUT2D eigenvalue weighted by molar-refractivity contribution is 6.30. The summed E-state index contributed by atoms with van der Waals surface area (Å²) in [5.41, 5.74) is 0.943. The lowest BCUT2D eigenvalue weighted by molar-refractivity contribution is -0.131. The van der Waals surface area contributed by atoms with Crippen LogP contribution in [0.3, 0.4) is 0 Å². The normalized spacial score (nSPS) is 17.6. The number of hydrogen-bond acceptors (Lipinski definition) is 3. The van der Waals surface area contributed by atoms with Gasteiger partial charge in [-0.05, 0) is 36.8 Å². The van der Waals surface area contributed by atoms with Gasteiger partial charge in [-0.25, -0.2) is 0 Å². The first kappa shape index (κ1) is 14.7. The third-order valence-corrected chi connectivity index (χ3v) is 3.74. The summed E-state index contributed by atoms with van der Waals surface area (Å²) >= 11 is 5.97. The molecule has 0 saturated heterocycles. The molecule has 0 aromatic heterocycles. The molecule has 1 aliphatic rings. The van der Waals surface area contributed by atoms with Crippen molar-refractivity contribution in [2.24, 2.45) is 0 Å². The maximum Gasteiger partial charge on any atom is 0.265 e. The highest BCUT2D eigenvalue weighted by Crippen LogP contribution is 2.31. The Hall–Kier alpha value is -2.20. The first-order valence-electron chi connectivity index (χ1n) is 7.08. The molecule has 1 N–H and O–H groups in total. The zero-order chi connectivity index (χ0) is 15.5. The second kappa shape index (κ2) is 6.28. The summed E-state index contributed by atoms with van der Waals surface area (Å²) in [5.74, 6) is 1.04. The van der Waals surface area contributed by atoms with Gasteiger partial charge >= 0.3 is 0 Å². The number of halogens is 1. The third kappa shape index (κ3) is 3.17. The van der Waals surface area contributed by atoms with Gasteiger partial charge in [-0.15, -0.1) is 0 Å². The molecule has 0 radical (unpaired) electrons. The minimum atomic E-state index is -0.656. The van der Waals surface area contributed by atoms with Crippen LogP contribution in [0.15, 0.2) is 48.5 Å². The number of carbonyl (C=O) groups excluding carboxylic acids is 1. The lowest BCUT2D eigenvalue weighted by atomic mass is 10.1. The Labute approximate surface area is 134 Å². The van der Waals surface area contributed by atoms with Gasteiger partial charge in [0.25, 0.3) is 5.91 Å². The average Bonchev–Trinajstić information content (AvgIpc) is 2.54. The quantitative estimate of drug-likeness (QED) is 0.944. The fourth-order valence-electron chi connectivity index (χ4n) is 2.31. The number of hydrogen-bond donors (Lipinski definition) is 1. The summed E-state index contributed by atoms with van der Waals surface area (Å²) < 4.78 is 11.2. The van der Waals surface area contributed by atoms with Crippen LogP contribution in [-0.2, 0) is 4.79 Å². The Kier molecular flexibility index (Phi) is 4.20. The van der Waals surface area contributed by atoms with Gasteiger partial charge in [-0.1, -0.05) is 35.9 Å². The lowest BCUT2D eigenvalue weighted by Crippen LogP contribution is -2.44. The van der Waals surface area contributed by atoms with Crippen LogP contribution in [0.1, 0.15) is 18.5 Å². The van der Waals surface area contributed by atoms with Gasteiger partial charge in [0.2, 0.25) is 6.10 Å². The van der Waals surface area contributed by atoms with E-state index in [0.29, 0.717) is 16.5 Å². The average molecular weight is 318 g/mol. The molecule has 0 spiro atoms. The summed E-state index contributed by atoms with van der Waals surface area (Å²) in [6.45, 7) is 2.10. The number of ether oxygens (including phenoxy) is 2. The van der Waals surface area contributed by atoms with Crippen LogP contribution in [0.25, 0.3) is 0 Å². The molecule has 1 aliphatic heterocycles. The van der Waals surface area contributed by atoms with Crippen molar-refractivity contribution in [2.45, 2.75) is 19.1 Å². The van der Waals surface area contributed by atoms with Crippen molar-refractivity contribution in [3.8, 4) is 11.5 Å². The second-order valence-corrected chi connectivity index (χ2v) is 5.59. The van der Waals surface area contributed by atoms with Gasteiger partial charge in [0.05, 0.1) is 6.04 Å². The zero-order valence-corrected chi connectivity index (χ0v) is 12.8. The monoisotopic (exact) mass is 317 g/mol. The number of rotatable bonds is 3. The molecule has 0 aliphatic carbocycles. The van der Waals surface area contributed by atoms with E-state index < -0.39 is 6.10 Å². The van der Waals surface area contributed by atoms with Crippen molar-refractivity contribution < 1.29 is 14.3 Å².